The van der Waals surface area contributed by atoms with Crippen molar-refractivity contribution >= 4 is 15.5 Å². The molecule has 21 heavy (non-hydrogen) atoms. The van der Waals surface area contributed by atoms with Crippen molar-refractivity contribution in [2.75, 3.05) is 17.2 Å². The predicted molar refractivity (Wildman–Crippen MR) is 76.3 cm³/mol. The number of aryl methyl sites for hydroxylation is 1. The van der Waals surface area contributed by atoms with Crippen LogP contribution < -0.4 is 5.73 Å². The molecular formula is C13H15F2N3O2S. The Labute approximate surface area is 121 Å². The summed E-state index contributed by atoms with van der Waals surface area (Å²) < 4.78 is 50.7. The monoisotopic (exact) mass is 315 g/mol. The topological polar surface area (TPSA) is 78.0 Å². The summed E-state index contributed by atoms with van der Waals surface area (Å²) in [7, 11) is -3.12. The molecule has 1 aromatic carbocycles. The van der Waals surface area contributed by atoms with Gasteiger partial charge in [0.25, 0.3) is 0 Å². The molecule has 2 N–H and O–H groups in total. The quantitative estimate of drug-likeness (QED) is 0.913. The van der Waals surface area contributed by atoms with Gasteiger partial charge in [-0.2, -0.15) is 5.10 Å². The molecule has 8 heteroatoms. The summed E-state index contributed by atoms with van der Waals surface area (Å²) in [5.74, 6) is -1.48. The van der Waals surface area contributed by atoms with E-state index in [0.717, 1.165) is 18.2 Å². The molecule has 0 saturated heterocycles. The van der Waals surface area contributed by atoms with E-state index in [1.54, 1.807) is 6.92 Å². The lowest BCUT2D eigenvalue weighted by atomic mass is 10.1. The normalized spacial score (nSPS) is 11.8. The van der Waals surface area contributed by atoms with Crippen molar-refractivity contribution in [1.82, 2.24) is 9.78 Å². The van der Waals surface area contributed by atoms with Gasteiger partial charge in [0, 0.05) is 23.6 Å². The maximum Gasteiger partial charge on any atom is 0.151 e. The third-order valence-electron chi connectivity index (χ3n) is 3.00. The molecule has 0 aliphatic rings. The van der Waals surface area contributed by atoms with Crippen LogP contribution in [0.25, 0.3) is 11.3 Å². The van der Waals surface area contributed by atoms with Gasteiger partial charge >= 0.3 is 0 Å². The molecule has 0 fully saturated rings. The van der Waals surface area contributed by atoms with Crippen molar-refractivity contribution in [3.8, 4) is 11.3 Å². The van der Waals surface area contributed by atoms with Gasteiger partial charge in [-0.15, -0.1) is 0 Å². The Kier molecular flexibility index (Phi) is 4.26. The predicted octanol–water partition coefficient (Wildman–Crippen LogP) is 1.85. The fraction of sp³-hybridized carbons (Fsp3) is 0.308. The van der Waals surface area contributed by atoms with Crippen LogP contribution in [0, 0.1) is 11.6 Å². The summed E-state index contributed by atoms with van der Waals surface area (Å²) in [4.78, 5) is 0. The van der Waals surface area contributed by atoms with Crippen molar-refractivity contribution in [2.24, 2.45) is 0 Å². The van der Waals surface area contributed by atoms with Crippen molar-refractivity contribution in [3.05, 3.63) is 36.0 Å². The van der Waals surface area contributed by atoms with Gasteiger partial charge in [0.2, 0.25) is 0 Å². The second kappa shape index (κ2) is 5.80. The van der Waals surface area contributed by atoms with E-state index in [1.165, 1.54) is 10.9 Å². The average Bonchev–Trinajstić information content (AvgIpc) is 2.77. The molecule has 0 aliphatic carbocycles. The Balaban J connectivity index is 2.27. The summed E-state index contributed by atoms with van der Waals surface area (Å²) in [6.07, 6.45) is 1.45. The lowest BCUT2D eigenvalue weighted by molar-refractivity contribution is 0.581. The van der Waals surface area contributed by atoms with Crippen LogP contribution in [-0.2, 0) is 16.4 Å². The summed E-state index contributed by atoms with van der Waals surface area (Å²) in [6, 6.07) is 2.99. The maximum absolute atomic E-state index is 13.2. The van der Waals surface area contributed by atoms with Gasteiger partial charge in [-0.3, -0.25) is 4.68 Å². The van der Waals surface area contributed by atoms with Crippen molar-refractivity contribution in [1.29, 1.82) is 0 Å². The molecule has 114 valence electrons. The van der Waals surface area contributed by atoms with Crippen LogP contribution >= 0.6 is 0 Å². The SMILES string of the molecule is CCS(=O)(=O)CCn1cc(N)c(-c2cc(F)cc(F)c2)n1. The van der Waals surface area contributed by atoms with E-state index in [9.17, 15) is 17.2 Å². The van der Waals surface area contributed by atoms with Crippen LogP contribution in [0.15, 0.2) is 24.4 Å². The van der Waals surface area contributed by atoms with Gasteiger partial charge in [-0.1, -0.05) is 6.92 Å². The average molecular weight is 315 g/mol. The number of hydrogen-bond acceptors (Lipinski definition) is 4. The smallest absolute Gasteiger partial charge is 0.151 e. The lowest BCUT2D eigenvalue weighted by Gasteiger charge is -2.02. The van der Waals surface area contributed by atoms with Gasteiger partial charge < -0.3 is 5.73 Å². The van der Waals surface area contributed by atoms with Gasteiger partial charge in [-0.05, 0) is 12.1 Å². The van der Waals surface area contributed by atoms with Crippen molar-refractivity contribution in [3.63, 3.8) is 0 Å². The van der Waals surface area contributed by atoms with E-state index in [2.05, 4.69) is 5.10 Å². The zero-order valence-corrected chi connectivity index (χ0v) is 12.2. The lowest BCUT2D eigenvalue weighted by Crippen LogP contribution is -2.14. The number of halogens is 2. The maximum atomic E-state index is 13.2. The van der Waals surface area contributed by atoms with Crippen LogP contribution in [0.3, 0.4) is 0 Å². The fourth-order valence-corrected chi connectivity index (χ4v) is 2.60. The van der Waals surface area contributed by atoms with Crippen LogP contribution in [0.4, 0.5) is 14.5 Å². The number of sulfone groups is 1. The van der Waals surface area contributed by atoms with Crippen LogP contribution in [0.2, 0.25) is 0 Å². The Bertz CT molecular complexity index is 737. The van der Waals surface area contributed by atoms with E-state index < -0.39 is 21.5 Å². The molecule has 2 rings (SSSR count). The zero-order chi connectivity index (χ0) is 15.6. The second-order valence-corrected chi connectivity index (χ2v) is 7.06. The molecule has 0 amide bonds. The van der Waals surface area contributed by atoms with Gasteiger partial charge in [0.1, 0.15) is 17.3 Å². The minimum atomic E-state index is -3.12. The van der Waals surface area contributed by atoms with Gasteiger partial charge in [-0.25, -0.2) is 17.2 Å². The number of nitrogen functional groups attached to an aromatic ring is 1. The molecule has 0 saturated carbocycles. The van der Waals surface area contributed by atoms with E-state index in [1.807, 2.05) is 0 Å². The summed E-state index contributed by atoms with van der Waals surface area (Å²) in [5.41, 5.74) is 6.43. The van der Waals surface area contributed by atoms with E-state index >= 15 is 0 Å². The first-order valence-corrected chi connectivity index (χ1v) is 8.12. The van der Waals surface area contributed by atoms with Crippen LogP contribution in [0.5, 0.6) is 0 Å². The van der Waals surface area contributed by atoms with Crippen LogP contribution in [-0.4, -0.2) is 29.7 Å². The second-order valence-electron chi connectivity index (χ2n) is 4.59. The summed E-state index contributed by atoms with van der Waals surface area (Å²) in [6.45, 7) is 1.70. The summed E-state index contributed by atoms with van der Waals surface area (Å²) in [5, 5.41) is 4.09. The van der Waals surface area contributed by atoms with Gasteiger partial charge in [0.05, 0.1) is 18.0 Å². The van der Waals surface area contributed by atoms with Crippen molar-refractivity contribution < 1.29 is 17.2 Å². The Morgan fingerprint density at radius 1 is 1.24 bits per heavy atom. The first-order valence-electron chi connectivity index (χ1n) is 6.30. The number of benzene rings is 1. The van der Waals surface area contributed by atoms with Crippen molar-refractivity contribution in [2.45, 2.75) is 13.5 Å². The molecule has 0 atom stereocenters. The van der Waals surface area contributed by atoms with E-state index in [0.29, 0.717) is 0 Å². The molecule has 1 aromatic heterocycles. The number of rotatable bonds is 5. The Morgan fingerprint density at radius 3 is 2.43 bits per heavy atom. The van der Waals surface area contributed by atoms with Crippen LogP contribution in [0.1, 0.15) is 6.92 Å². The Morgan fingerprint density at radius 2 is 1.86 bits per heavy atom. The highest BCUT2D eigenvalue weighted by molar-refractivity contribution is 7.91. The summed E-state index contributed by atoms with van der Waals surface area (Å²) >= 11 is 0. The molecule has 5 nitrogen and oxygen atoms in total. The van der Waals surface area contributed by atoms with E-state index in [4.69, 9.17) is 5.73 Å². The molecule has 1 heterocycles. The van der Waals surface area contributed by atoms with E-state index in [-0.39, 0.29) is 35.0 Å². The standard InChI is InChI=1S/C13H15F2N3O2S/c1-2-21(19,20)4-3-18-8-12(16)13(17-18)9-5-10(14)7-11(15)6-9/h5-8H,2-4,16H2,1H3. The highest BCUT2D eigenvalue weighted by Crippen LogP contribution is 2.25. The number of hydrogen-bond donors (Lipinski definition) is 1. The van der Waals surface area contributed by atoms with Gasteiger partial charge in [0.15, 0.2) is 9.84 Å². The third-order valence-corrected chi connectivity index (χ3v) is 4.68. The molecule has 0 bridgehead atoms. The number of nitrogens with zero attached hydrogens (tertiary/aromatic N) is 2. The molecule has 0 unspecified atom stereocenters. The molecular weight excluding hydrogens is 300 g/mol. The Hall–Kier alpha value is -1.96. The number of nitrogens with two attached hydrogens (primary N) is 1. The first kappa shape index (κ1) is 15.4. The molecule has 0 radical (unpaired) electrons. The molecule has 0 spiro atoms. The molecule has 0 aliphatic heterocycles. The first-order chi connectivity index (χ1) is 9.80. The fourth-order valence-electron chi connectivity index (χ4n) is 1.84. The third kappa shape index (κ3) is 3.78. The minimum Gasteiger partial charge on any atom is -0.396 e. The molecule has 2 aromatic rings. The minimum absolute atomic E-state index is 0.0473. The largest absolute Gasteiger partial charge is 0.396 e. The number of aromatic nitrogens is 2. The highest BCUT2D eigenvalue weighted by Gasteiger charge is 2.13. The highest BCUT2D eigenvalue weighted by atomic mass is 32.2. The number of anilines is 1. The zero-order valence-electron chi connectivity index (χ0n) is 11.4.